The van der Waals surface area contributed by atoms with Crippen LogP contribution in [0.4, 0.5) is 0 Å². The van der Waals surface area contributed by atoms with Gasteiger partial charge in [0.1, 0.15) is 0 Å². The van der Waals surface area contributed by atoms with Crippen LogP contribution in [0.15, 0.2) is 29.3 Å². The van der Waals surface area contributed by atoms with E-state index in [9.17, 15) is 4.79 Å². The molecule has 1 aromatic carbocycles. The van der Waals surface area contributed by atoms with Crippen molar-refractivity contribution in [1.29, 1.82) is 0 Å². The van der Waals surface area contributed by atoms with E-state index in [1.807, 2.05) is 11.9 Å². The van der Waals surface area contributed by atoms with Crippen molar-refractivity contribution >= 4 is 35.8 Å². The van der Waals surface area contributed by atoms with Crippen LogP contribution in [0.1, 0.15) is 68.9 Å². The highest BCUT2D eigenvalue weighted by Gasteiger charge is 2.27. The molecule has 1 unspecified atom stereocenters. The monoisotopic (exact) mass is 553 g/mol. The molecule has 2 N–H and O–H groups in total. The molecule has 2 heterocycles. The van der Waals surface area contributed by atoms with E-state index in [1.54, 1.807) is 0 Å². The van der Waals surface area contributed by atoms with Crippen LogP contribution >= 0.6 is 24.0 Å². The summed E-state index contributed by atoms with van der Waals surface area (Å²) in [7, 11) is 1.85. The van der Waals surface area contributed by atoms with Crippen molar-refractivity contribution in [3.05, 3.63) is 35.4 Å². The number of benzene rings is 1. The molecule has 1 saturated carbocycles. The summed E-state index contributed by atoms with van der Waals surface area (Å²) < 4.78 is 0. The second kappa shape index (κ2) is 12.8. The number of hydrogen-bond donors (Lipinski definition) is 2. The summed E-state index contributed by atoms with van der Waals surface area (Å²) in [4.78, 5) is 21.1. The first-order valence-electron chi connectivity index (χ1n) is 12.3. The zero-order valence-corrected chi connectivity index (χ0v) is 21.9. The fourth-order valence-electron chi connectivity index (χ4n) is 5.41. The molecule has 7 heteroatoms. The van der Waals surface area contributed by atoms with Crippen LogP contribution in [0.2, 0.25) is 0 Å². The molecule has 0 bridgehead atoms. The summed E-state index contributed by atoms with van der Waals surface area (Å²) in [5, 5.41) is 7.17. The van der Waals surface area contributed by atoms with Gasteiger partial charge in [0.05, 0.1) is 0 Å². The van der Waals surface area contributed by atoms with Gasteiger partial charge in [-0.05, 0) is 49.8 Å². The van der Waals surface area contributed by atoms with Crippen LogP contribution in [-0.4, -0.2) is 60.4 Å². The Labute approximate surface area is 210 Å². The number of rotatable bonds is 6. The van der Waals surface area contributed by atoms with Crippen LogP contribution in [0.25, 0.3) is 0 Å². The number of nitrogens with one attached hydrogen (secondary N) is 2. The highest BCUT2D eigenvalue weighted by Crippen LogP contribution is 2.25. The molecule has 1 aliphatic carbocycles. The van der Waals surface area contributed by atoms with Crippen molar-refractivity contribution in [2.75, 3.05) is 26.7 Å². The second-order valence-electron chi connectivity index (χ2n) is 9.43. The van der Waals surface area contributed by atoms with E-state index in [0.717, 1.165) is 44.6 Å². The summed E-state index contributed by atoms with van der Waals surface area (Å²) in [5.74, 6) is 1.17. The molecule has 4 rings (SSSR count). The van der Waals surface area contributed by atoms with Gasteiger partial charge in [-0.2, -0.15) is 0 Å². The lowest BCUT2D eigenvalue weighted by molar-refractivity contribution is -0.128. The van der Waals surface area contributed by atoms with Gasteiger partial charge >= 0.3 is 0 Å². The number of halogens is 1. The number of aliphatic imine (C=N–C) groups is 1. The third-order valence-electron chi connectivity index (χ3n) is 7.10. The average molecular weight is 554 g/mol. The summed E-state index contributed by atoms with van der Waals surface area (Å²) >= 11 is 0. The van der Waals surface area contributed by atoms with E-state index in [1.165, 1.54) is 62.6 Å². The second-order valence-corrected chi connectivity index (χ2v) is 9.43. The highest BCUT2D eigenvalue weighted by atomic mass is 127. The average Bonchev–Trinajstić information content (AvgIpc) is 3.22. The molecule has 32 heavy (non-hydrogen) atoms. The summed E-state index contributed by atoms with van der Waals surface area (Å²) in [6.07, 6.45) is 11.1. The van der Waals surface area contributed by atoms with E-state index in [0.29, 0.717) is 12.5 Å². The van der Waals surface area contributed by atoms with Crippen LogP contribution < -0.4 is 10.6 Å². The lowest BCUT2D eigenvalue weighted by Gasteiger charge is -2.40. The Morgan fingerprint density at radius 3 is 2.62 bits per heavy atom. The van der Waals surface area contributed by atoms with E-state index in [-0.39, 0.29) is 29.9 Å². The molecule has 0 spiro atoms. The third kappa shape index (κ3) is 7.07. The van der Waals surface area contributed by atoms with Crippen LogP contribution in [0, 0.1) is 0 Å². The molecule has 1 amide bonds. The molecule has 6 nitrogen and oxygen atoms in total. The van der Waals surface area contributed by atoms with E-state index >= 15 is 0 Å². The van der Waals surface area contributed by atoms with Crippen LogP contribution in [-0.2, 0) is 17.9 Å². The summed E-state index contributed by atoms with van der Waals surface area (Å²) in [6, 6.07) is 9.81. The van der Waals surface area contributed by atoms with Crippen molar-refractivity contribution in [3.8, 4) is 0 Å². The topological polar surface area (TPSA) is 60.0 Å². The van der Waals surface area contributed by atoms with Gasteiger partial charge in [-0.15, -0.1) is 24.0 Å². The van der Waals surface area contributed by atoms with Crippen LogP contribution in [0.3, 0.4) is 0 Å². The molecule has 3 fully saturated rings. The molecular formula is C25H40IN5O. The van der Waals surface area contributed by atoms with Gasteiger partial charge in [-0.25, -0.2) is 0 Å². The number of piperidine rings is 1. The fraction of sp³-hybridized carbons (Fsp3) is 0.680. The molecule has 0 radical (unpaired) electrons. The number of guanidine groups is 1. The Hall–Kier alpha value is -1.35. The number of hydrogen-bond acceptors (Lipinski definition) is 3. The first-order valence-corrected chi connectivity index (χ1v) is 12.3. The van der Waals surface area contributed by atoms with Crippen molar-refractivity contribution in [1.82, 2.24) is 20.4 Å². The standard InChI is InChI=1S/C25H39N5O.HI/c1-26-25(28-22-10-6-14-29(19-22)23-11-3-2-4-12-23)27-17-20-8-5-9-21(16-20)18-30-15-7-13-24(30)31;/h5,8-9,16,22-23H,2-4,6-7,10-15,17-19H2,1H3,(H2,26,27,28);1H. The van der Waals surface area contributed by atoms with Gasteiger partial charge in [0, 0.05) is 51.7 Å². The van der Waals surface area contributed by atoms with E-state index in [4.69, 9.17) is 0 Å². The smallest absolute Gasteiger partial charge is 0.222 e. The maximum absolute atomic E-state index is 11.9. The SMILES string of the molecule is CN=C(NCc1cccc(CN2CCCC2=O)c1)NC1CCCN(C2CCCCC2)C1.I. The van der Waals surface area contributed by atoms with Gasteiger partial charge in [-0.1, -0.05) is 43.5 Å². The fourth-order valence-corrected chi connectivity index (χ4v) is 5.41. The number of carbonyl (C=O) groups is 1. The number of amides is 1. The minimum atomic E-state index is 0. The highest BCUT2D eigenvalue weighted by molar-refractivity contribution is 14.0. The predicted octanol–water partition coefficient (Wildman–Crippen LogP) is 3.89. The maximum Gasteiger partial charge on any atom is 0.222 e. The van der Waals surface area contributed by atoms with Crippen molar-refractivity contribution in [3.63, 3.8) is 0 Å². The zero-order valence-electron chi connectivity index (χ0n) is 19.5. The first kappa shape index (κ1) is 25.3. The third-order valence-corrected chi connectivity index (χ3v) is 7.10. The minimum Gasteiger partial charge on any atom is -0.352 e. The van der Waals surface area contributed by atoms with Crippen LogP contribution in [0.5, 0.6) is 0 Å². The minimum absolute atomic E-state index is 0. The van der Waals surface area contributed by atoms with Crippen molar-refractivity contribution in [2.24, 2.45) is 4.99 Å². The first-order chi connectivity index (χ1) is 15.2. The maximum atomic E-state index is 11.9. The number of nitrogens with zero attached hydrogens (tertiary/aromatic N) is 3. The molecule has 1 aromatic rings. The molecule has 1 atom stereocenters. The quantitative estimate of drug-likeness (QED) is 0.319. The molecule has 2 aliphatic heterocycles. The lowest BCUT2D eigenvalue weighted by atomic mass is 9.92. The predicted molar refractivity (Wildman–Crippen MR) is 141 cm³/mol. The summed E-state index contributed by atoms with van der Waals surface area (Å²) in [6.45, 7) is 4.72. The molecule has 3 aliphatic rings. The lowest BCUT2D eigenvalue weighted by Crippen LogP contribution is -2.53. The van der Waals surface area contributed by atoms with Crippen molar-refractivity contribution in [2.45, 2.75) is 83.0 Å². The summed E-state index contributed by atoms with van der Waals surface area (Å²) in [5.41, 5.74) is 2.42. The Balaban J connectivity index is 0.00000289. The molecular weight excluding hydrogens is 513 g/mol. The number of carbonyl (C=O) groups excluding carboxylic acids is 1. The van der Waals surface area contributed by atoms with E-state index < -0.39 is 0 Å². The Morgan fingerprint density at radius 1 is 1.06 bits per heavy atom. The largest absolute Gasteiger partial charge is 0.352 e. The zero-order chi connectivity index (χ0) is 21.5. The molecule has 2 saturated heterocycles. The normalized spacial score (nSPS) is 23.2. The molecule has 178 valence electrons. The molecule has 0 aromatic heterocycles. The Bertz CT molecular complexity index is 764. The van der Waals surface area contributed by atoms with Gasteiger partial charge in [0.2, 0.25) is 5.91 Å². The van der Waals surface area contributed by atoms with Crippen molar-refractivity contribution < 1.29 is 4.79 Å². The van der Waals surface area contributed by atoms with E-state index in [2.05, 4.69) is 44.8 Å². The Morgan fingerprint density at radius 2 is 1.88 bits per heavy atom. The van der Waals surface area contributed by atoms with Gasteiger partial charge in [0.15, 0.2) is 5.96 Å². The van der Waals surface area contributed by atoms with Gasteiger partial charge in [0.25, 0.3) is 0 Å². The van der Waals surface area contributed by atoms with Gasteiger partial charge in [-0.3, -0.25) is 14.7 Å². The van der Waals surface area contributed by atoms with Gasteiger partial charge < -0.3 is 15.5 Å². The number of likely N-dealkylation sites (tertiary alicyclic amines) is 2. The Kier molecular flexibility index (Phi) is 10.1.